The molecule has 6 heteroatoms. The van der Waals surface area contributed by atoms with Crippen molar-refractivity contribution >= 4 is 23.4 Å². The van der Waals surface area contributed by atoms with Gasteiger partial charge in [0.15, 0.2) is 0 Å². The highest BCUT2D eigenvalue weighted by Crippen LogP contribution is 2.26. The Balaban J connectivity index is 2.35. The Morgan fingerprint density at radius 2 is 2.05 bits per heavy atom. The van der Waals surface area contributed by atoms with E-state index in [0.29, 0.717) is 5.82 Å². The van der Waals surface area contributed by atoms with E-state index in [1.807, 2.05) is 30.3 Å². The minimum absolute atomic E-state index is 0.0393. The van der Waals surface area contributed by atoms with Crippen LogP contribution in [-0.2, 0) is 5.54 Å². The summed E-state index contributed by atoms with van der Waals surface area (Å²) in [5.74, 6) is -0.798. The predicted molar refractivity (Wildman–Crippen MR) is 80.7 cm³/mol. The summed E-state index contributed by atoms with van der Waals surface area (Å²) in [6, 6.07) is 10.7. The van der Waals surface area contributed by atoms with Gasteiger partial charge in [0.2, 0.25) is 0 Å². The van der Waals surface area contributed by atoms with Crippen molar-refractivity contribution in [3.05, 3.63) is 58.7 Å². The maximum absolute atomic E-state index is 11.1. The minimum Gasteiger partial charge on any atom is -0.478 e. The van der Waals surface area contributed by atoms with Gasteiger partial charge >= 0.3 is 5.97 Å². The van der Waals surface area contributed by atoms with Crippen molar-refractivity contribution in [2.45, 2.75) is 12.5 Å². The van der Waals surface area contributed by atoms with Crippen LogP contribution in [0.15, 0.2) is 42.6 Å². The number of aromatic carboxylic acids is 1. The molecule has 5 nitrogen and oxygen atoms in total. The van der Waals surface area contributed by atoms with Gasteiger partial charge in [-0.15, -0.1) is 0 Å². The summed E-state index contributed by atoms with van der Waals surface area (Å²) in [4.78, 5) is 15.2. The first kappa shape index (κ1) is 15.3. The molecular formula is C15H15ClN2O3. The molecule has 0 aliphatic heterocycles. The van der Waals surface area contributed by atoms with Crippen LogP contribution >= 0.6 is 11.6 Å². The molecule has 3 N–H and O–H groups in total. The van der Waals surface area contributed by atoms with Crippen molar-refractivity contribution in [1.82, 2.24) is 4.98 Å². The number of carboxylic acid groups (broad SMARTS) is 1. The van der Waals surface area contributed by atoms with Crippen LogP contribution in [0.25, 0.3) is 0 Å². The molecule has 0 aliphatic rings. The van der Waals surface area contributed by atoms with Gasteiger partial charge < -0.3 is 15.5 Å². The van der Waals surface area contributed by atoms with Crippen molar-refractivity contribution in [2.75, 3.05) is 11.9 Å². The summed E-state index contributed by atoms with van der Waals surface area (Å²) in [5.41, 5.74) is 0.0429. The van der Waals surface area contributed by atoms with Gasteiger partial charge in [-0.25, -0.2) is 9.78 Å². The Kier molecular flexibility index (Phi) is 4.45. The molecule has 0 amide bonds. The van der Waals surface area contributed by atoms with Gasteiger partial charge in [-0.05, 0) is 18.6 Å². The average Bonchev–Trinajstić information content (AvgIpc) is 2.49. The van der Waals surface area contributed by atoms with Gasteiger partial charge in [-0.3, -0.25) is 0 Å². The lowest BCUT2D eigenvalue weighted by atomic mass is 9.93. The number of aromatic nitrogens is 1. The molecule has 0 saturated carbocycles. The summed E-state index contributed by atoms with van der Waals surface area (Å²) < 4.78 is 0. The van der Waals surface area contributed by atoms with E-state index in [1.54, 1.807) is 6.92 Å². The van der Waals surface area contributed by atoms with Gasteiger partial charge in [0.25, 0.3) is 0 Å². The van der Waals surface area contributed by atoms with Gasteiger partial charge in [-0.1, -0.05) is 41.9 Å². The van der Waals surface area contributed by atoms with Gasteiger partial charge in [0, 0.05) is 6.20 Å². The molecule has 1 atom stereocenters. The molecule has 0 bridgehead atoms. The zero-order valence-electron chi connectivity index (χ0n) is 11.4. The summed E-state index contributed by atoms with van der Waals surface area (Å²) in [6.07, 6.45) is 1.27. The lowest BCUT2D eigenvalue weighted by Crippen LogP contribution is -2.36. The van der Waals surface area contributed by atoms with Crippen LogP contribution in [0, 0.1) is 0 Å². The van der Waals surface area contributed by atoms with Crippen LogP contribution < -0.4 is 5.32 Å². The SMILES string of the molecule is CC(CO)(Nc1cc(C(=O)O)c(Cl)cn1)c1ccccc1. The van der Waals surface area contributed by atoms with Crippen molar-refractivity contribution < 1.29 is 15.0 Å². The zero-order chi connectivity index (χ0) is 15.5. The standard InChI is InChI=1S/C15H15ClN2O3/c1-15(9-19,10-5-3-2-4-6-10)18-13-7-11(14(20)21)12(16)8-17-13/h2-8,19H,9H2,1H3,(H,17,18)(H,20,21). The van der Waals surface area contributed by atoms with E-state index < -0.39 is 11.5 Å². The summed E-state index contributed by atoms with van der Waals surface area (Å²) >= 11 is 5.79. The van der Waals surface area contributed by atoms with E-state index in [4.69, 9.17) is 16.7 Å². The number of carbonyl (C=O) groups is 1. The number of halogens is 1. The molecule has 0 aliphatic carbocycles. The van der Waals surface area contributed by atoms with Crippen LogP contribution in [-0.4, -0.2) is 27.8 Å². The highest BCUT2D eigenvalue weighted by atomic mass is 35.5. The largest absolute Gasteiger partial charge is 0.478 e. The third-order valence-corrected chi connectivity index (χ3v) is 3.52. The number of anilines is 1. The fraction of sp³-hybridized carbons (Fsp3) is 0.200. The first-order chi connectivity index (χ1) is 9.96. The molecule has 0 saturated heterocycles. The van der Waals surface area contributed by atoms with E-state index in [-0.39, 0.29) is 17.2 Å². The third-order valence-electron chi connectivity index (χ3n) is 3.22. The number of benzene rings is 1. The first-order valence-corrected chi connectivity index (χ1v) is 6.67. The lowest BCUT2D eigenvalue weighted by molar-refractivity contribution is 0.0697. The zero-order valence-corrected chi connectivity index (χ0v) is 12.1. The van der Waals surface area contributed by atoms with E-state index in [9.17, 15) is 9.90 Å². The number of hydrogen-bond acceptors (Lipinski definition) is 4. The van der Waals surface area contributed by atoms with Crippen LogP contribution in [0.1, 0.15) is 22.8 Å². The van der Waals surface area contributed by atoms with E-state index in [0.717, 1.165) is 5.56 Å². The minimum atomic E-state index is -1.13. The fourth-order valence-electron chi connectivity index (χ4n) is 1.96. The molecule has 0 spiro atoms. The van der Waals surface area contributed by atoms with Gasteiger partial charge in [0.05, 0.1) is 22.7 Å². The Hall–Kier alpha value is -2.11. The molecule has 2 aromatic rings. The van der Waals surface area contributed by atoms with Crippen molar-refractivity contribution in [3.8, 4) is 0 Å². The van der Waals surface area contributed by atoms with E-state index in [2.05, 4.69) is 10.3 Å². The smallest absolute Gasteiger partial charge is 0.337 e. The number of aliphatic hydroxyl groups excluding tert-OH is 1. The molecule has 0 radical (unpaired) electrons. The Labute approximate surface area is 127 Å². The molecular weight excluding hydrogens is 292 g/mol. The summed E-state index contributed by atoms with van der Waals surface area (Å²) in [7, 11) is 0. The maximum Gasteiger partial charge on any atom is 0.337 e. The normalized spacial score (nSPS) is 13.5. The quantitative estimate of drug-likeness (QED) is 0.791. The van der Waals surface area contributed by atoms with Crippen molar-refractivity contribution in [2.24, 2.45) is 0 Å². The Morgan fingerprint density at radius 1 is 1.38 bits per heavy atom. The summed E-state index contributed by atoms with van der Waals surface area (Å²) in [5, 5.41) is 21.9. The first-order valence-electron chi connectivity index (χ1n) is 6.30. The average molecular weight is 307 g/mol. The Morgan fingerprint density at radius 3 is 2.62 bits per heavy atom. The second-order valence-corrected chi connectivity index (χ2v) is 5.24. The van der Waals surface area contributed by atoms with Crippen LogP contribution in [0.2, 0.25) is 5.02 Å². The van der Waals surface area contributed by atoms with Crippen LogP contribution in [0.4, 0.5) is 5.82 Å². The van der Waals surface area contributed by atoms with Crippen molar-refractivity contribution in [3.63, 3.8) is 0 Å². The lowest BCUT2D eigenvalue weighted by Gasteiger charge is -2.30. The Bertz CT molecular complexity index is 649. The highest BCUT2D eigenvalue weighted by molar-refractivity contribution is 6.33. The van der Waals surface area contributed by atoms with Crippen molar-refractivity contribution in [1.29, 1.82) is 0 Å². The summed E-state index contributed by atoms with van der Waals surface area (Å²) in [6.45, 7) is 1.63. The molecule has 1 heterocycles. The number of nitrogens with zero attached hydrogens (tertiary/aromatic N) is 1. The number of rotatable bonds is 5. The highest BCUT2D eigenvalue weighted by Gasteiger charge is 2.26. The number of pyridine rings is 1. The fourth-order valence-corrected chi connectivity index (χ4v) is 2.15. The van der Waals surface area contributed by atoms with E-state index in [1.165, 1.54) is 12.3 Å². The molecule has 1 aromatic carbocycles. The molecule has 110 valence electrons. The third kappa shape index (κ3) is 3.32. The van der Waals surface area contributed by atoms with E-state index >= 15 is 0 Å². The number of hydrogen-bond donors (Lipinski definition) is 3. The monoisotopic (exact) mass is 306 g/mol. The second-order valence-electron chi connectivity index (χ2n) is 4.84. The predicted octanol–water partition coefficient (Wildman–Crippen LogP) is 2.75. The van der Waals surface area contributed by atoms with Gasteiger partial charge in [0.1, 0.15) is 5.82 Å². The number of carboxylic acids is 1. The molecule has 0 fully saturated rings. The molecule has 1 unspecified atom stereocenters. The van der Waals surface area contributed by atoms with Gasteiger partial charge in [-0.2, -0.15) is 0 Å². The molecule has 2 rings (SSSR count). The topological polar surface area (TPSA) is 82.5 Å². The second kappa shape index (κ2) is 6.11. The number of nitrogens with one attached hydrogen (secondary N) is 1. The number of aliphatic hydroxyl groups is 1. The maximum atomic E-state index is 11.1. The van der Waals surface area contributed by atoms with Crippen LogP contribution in [0.3, 0.4) is 0 Å². The molecule has 1 aromatic heterocycles. The van der Waals surface area contributed by atoms with Crippen LogP contribution in [0.5, 0.6) is 0 Å². The molecule has 21 heavy (non-hydrogen) atoms.